The summed E-state index contributed by atoms with van der Waals surface area (Å²) >= 11 is 0. The van der Waals surface area contributed by atoms with E-state index in [0.29, 0.717) is 30.2 Å². The predicted molar refractivity (Wildman–Crippen MR) is 114 cm³/mol. The molecule has 2 aromatic rings. The quantitative estimate of drug-likeness (QED) is 0.710. The maximum atomic E-state index is 14.3. The van der Waals surface area contributed by atoms with Crippen molar-refractivity contribution in [2.45, 2.75) is 45.4 Å². The van der Waals surface area contributed by atoms with Crippen LogP contribution in [0.1, 0.15) is 30.9 Å². The van der Waals surface area contributed by atoms with Crippen molar-refractivity contribution in [3.63, 3.8) is 0 Å². The Morgan fingerprint density at radius 3 is 2.81 bits per heavy atom. The molecule has 0 bridgehead atoms. The summed E-state index contributed by atoms with van der Waals surface area (Å²) in [5, 5.41) is 0. The second kappa shape index (κ2) is 9.06. The summed E-state index contributed by atoms with van der Waals surface area (Å²) in [6, 6.07) is 12.0. The van der Waals surface area contributed by atoms with E-state index in [4.69, 9.17) is 9.47 Å². The molecule has 4 rings (SSSR count). The summed E-state index contributed by atoms with van der Waals surface area (Å²) in [5.74, 6) is -0.307. The number of ether oxygens (including phenoxy) is 2. The van der Waals surface area contributed by atoms with Crippen molar-refractivity contribution < 1.29 is 23.5 Å². The van der Waals surface area contributed by atoms with Crippen LogP contribution in [0, 0.1) is 12.7 Å². The maximum absolute atomic E-state index is 14.3. The third-order valence-electron chi connectivity index (χ3n) is 5.74. The van der Waals surface area contributed by atoms with Crippen molar-refractivity contribution >= 4 is 17.5 Å². The van der Waals surface area contributed by atoms with Crippen LogP contribution in [-0.4, -0.2) is 48.6 Å². The number of fused-ring (bicyclic) bond motifs is 1. The molecular weight excluding hydrogens is 399 g/mol. The minimum Gasteiger partial charge on any atom is -0.479 e. The standard InChI is InChI=1S/C24H27FN2O4/c1-16-9-10-22-21(12-16)27(24(29)17(2)31-22)15-23(28)26(14-19-7-5-11-30-19)13-18-6-3-4-8-20(18)25/h3-4,6,8-10,12,17,19H,5,7,11,13-15H2,1-2H3/t17-,19+/m0/s1. The third-order valence-corrected chi connectivity index (χ3v) is 5.74. The second-order valence-corrected chi connectivity index (χ2v) is 8.16. The molecule has 0 unspecified atom stereocenters. The molecule has 0 aliphatic carbocycles. The van der Waals surface area contributed by atoms with Gasteiger partial charge in [-0.15, -0.1) is 0 Å². The lowest BCUT2D eigenvalue weighted by atomic mass is 10.1. The van der Waals surface area contributed by atoms with E-state index in [1.807, 2.05) is 25.1 Å². The molecule has 0 N–H and O–H groups in total. The van der Waals surface area contributed by atoms with E-state index < -0.39 is 6.10 Å². The highest BCUT2D eigenvalue weighted by Gasteiger charge is 2.34. The maximum Gasteiger partial charge on any atom is 0.268 e. The van der Waals surface area contributed by atoms with Gasteiger partial charge >= 0.3 is 0 Å². The number of aryl methyl sites for hydroxylation is 1. The number of hydrogen-bond donors (Lipinski definition) is 0. The Morgan fingerprint density at radius 1 is 1.26 bits per heavy atom. The van der Waals surface area contributed by atoms with Crippen molar-refractivity contribution in [3.05, 3.63) is 59.4 Å². The topological polar surface area (TPSA) is 59.1 Å². The highest BCUT2D eigenvalue weighted by molar-refractivity contribution is 6.03. The molecule has 0 spiro atoms. The van der Waals surface area contributed by atoms with E-state index in [0.717, 1.165) is 18.4 Å². The zero-order valence-electron chi connectivity index (χ0n) is 17.8. The Balaban J connectivity index is 1.58. The average Bonchev–Trinajstić information content (AvgIpc) is 3.26. The minimum atomic E-state index is -0.679. The Kier molecular flexibility index (Phi) is 6.23. The van der Waals surface area contributed by atoms with Gasteiger partial charge in [-0.2, -0.15) is 0 Å². The smallest absolute Gasteiger partial charge is 0.268 e. The first-order valence-electron chi connectivity index (χ1n) is 10.6. The van der Waals surface area contributed by atoms with Gasteiger partial charge in [-0.1, -0.05) is 24.3 Å². The molecular formula is C24H27FN2O4. The lowest BCUT2D eigenvalue weighted by molar-refractivity contribution is -0.134. The number of halogens is 1. The predicted octanol–water partition coefficient (Wildman–Crippen LogP) is 3.46. The number of hydrogen-bond acceptors (Lipinski definition) is 4. The first-order valence-corrected chi connectivity index (χ1v) is 10.6. The molecule has 2 atom stereocenters. The van der Waals surface area contributed by atoms with Crippen LogP contribution >= 0.6 is 0 Å². The highest BCUT2D eigenvalue weighted by atomic mass is 19.1. The molecule has 7 heteroatoms. The van der Waals surface area contributed by atoms with Gasteiger partial charge in [0.1, 0.15) is 18.1 Å². The summed E-state index contributed by atoms with van der Waals surface area (Å²) in [6.07, 6.45) is 1.04. The van der Waals surface area contributed by atoms with Gasteiger partial charge in [-0.3, -0.25) is 14.5 Å². The van der Waals surface area contributed by atoms with Crippen LogP contribution < -0.4 is 9.64 Å². The normalized spacial score (nSPS) is 20.4. The molecule has 2 aliphatic rings. The fraction of sp³-hybridized carbons (Fsp3) is 0.417. The van der Waals surface area contributed by atoms with Crippen molar-refractivity contribution in [1.82, 2.24) is 4.90 Å². The summed E-state index contributed by atoms with van der Waals surface area (Å²) < 4.78 is 25.7. The number of benzene rings is 2. The first kappa shape index (κ1) is 21.3. The van der Waals surface area contributed by atoms with Gasteiger partial charge < -0.3 is 14.4 Å². The largest absolute Gasteiger partial charge is 0.479 e. The molecule has 1 saturated heterocycles. The highest BCUT2D eigenvalue weighted by Crippen LogP contribution is 2.35. The fourth-order valence-corrected chi connectivity index (χ4v) is 4.04. The molecule has 0 aromatic heterocycles. The van der Waals surface area contributed by atoms with Crippen molar-refractivity contribution in [1.29, 1.82) is 0 Å². The molecule has 2 amide bonds. The second-order valence-electron chi connectivity index (χ2n) is 8.16. The van der Waals surface area contributed by atoms with E-state index in [-0.39, 0.29) is 36.8 Å². The summed E-state index contributed by atoms with van der Waals surface area (Å²) in [7, 11) is 0. The van der Waals surface area contributed by atoms with Crippen LogP contribution in [0.15, 0.2) is 42.5 Å². The molecule has 1 fully saturated rings. The summed E-state index contributed by atoms with van der Waals surface area (Å²) in [6.45, 7) is 4.61. The van der Waals surface area contributed by atoms with Crippen LogP contribution in [-0.2, 0) is 20.9 Å². The summed E-state index contributed by atoms with van der Waals surface area (Å²) in [5.41, 5.74) is 1.98. The molecule has 2 aromatic carbocycles. The van der Waals surface area contributed by atoms with Gasteiger partial charge in [0.15, 0.2) is 6.10 Å². The zero-order valence-corrected chi connectivity index (χ0v) is 17.8. The van der Waals surface area contributed by atoms with Gasteiger partial charge in [-0.25, -0.2) is 4.39 Å². The van der Waals surface area contributed by atoms with Gasteiger partial charge in [0.2, 0.25) is 5.91 Å². The molecule has 0 saturated carbocycles. The Labute approximate surface area is 181 Å². The minimum absolute atomic E-state index is 0.0791. The van der Waals surface area contributed by atoms with E-state index in [1.165, 1.54) is 11.0 Å². The third kappa shape index (κ3) is 4.71. The van der Waals surface area contributed by atoms with Gasteiger partial charge in [-0.05, 0) is 50.5 Å². The van der Waals surface area contributed by atoms with Crippen LogP contribution in [0.2, 0.25) is 0 Å². The first-order chi connectivity index (χ1) is 14.9. The Morgan fingerprint density at radius 2 is 2.06 bits per heavy atom. The van der Waals surface area contributed by atoms with E-state index in [9.17, 15) is 14.0 Å². The molecule has 164 valence electrons. The van der Waals surface area contributed by atoms with Crippen LogP contribution in [0.25, 0.3) is 0 Å². The van der Waals surface area contributed by atoms with Crippen molar-refractivity contribution in [2.75, 3.05) is 24.6 Å². The number of amides is 2. The average molecular weight is 426 g/mol. The zero-order chi connectivity index (χ0) is 22.0. The van der Waals surface area contributed by atoms with Crippen molar-refractivity contribution in [2.24, 2.45) is 0 Å². The lowest BCUT2D eigenvalue weighted by Crippen LogP contribution is -2.50. The van der Waals surface area contributed by atoms with Gasteiger partial charge in [0, 0.05) is 25.3 Å². The Bertz CT molecular complexity index is 974. The van der Waals surface area contributed by atoms with E-state index in [2.05, 4.69) is 0 Å². The van der Waals surface area contributed by atoms with Gasteiger partial charge in [0.25, 0.3) is 5.91 Å². The molecule has 0 radical (unpaired) electrons. The Hall–Kier alpha value is -2.93. The van der Waals surface area contributed by atoms with Crippen molar-refractivity contribution in [3.8, 4) is 5.75 Å². The van der Waals surface area contributed by atoms with Crippen LogP contribution in [0.5, 0.6) is 5.75 Å². The number of anilines is 1. The SMILES string of the molecule is Cc1ccc2c(c1)N(CC(=O)N(Cc1ccccc1F)C[C@H]1CCCO1)C(=O)[C@H](C)O2. The molecule has 2 aliphatic heterocycles. The molecule has 2 heterocycles. The number of carbonyl (C=O) groups excluding carboxylic acids is 2. The monoisotopic (exact) mass is 426 g/mol. The number of nitrogens with zero attached hydrogens (tertiary/aromatic N) is 2. The van der Waals surface area contributed by atoms with E-state index >= 15 is 0 Å². The van der Waals surface area contributed by atoms with Gasteiger partial charge in [0.05, 0.1) is 11.8 Å². The summed E-state index contributed by atoms with van der Waals surface area (Å²) in [4.78, 5) is 29.3. The lowest BCUT2D eigenvalue weighted by Gasteiger charge is -2.34. The van der Waals surface area contributed by atoms with E-state index in [1.54, 1.807) is 30.0 Å². The molecule has 6 nitrogen and oxygen atoms in total. The molecule has 31 heavy (non-hydrogen) atoms. The fourth-order valence-electron chi connectivity index (χ4n) is 4.04. The van der Waals surface area contributed by atoms with Crippen LogP contribution in [0.4, 0.5) is 10.1 Å². The number of carbonyl (C=O) groups is 2. The van der Waals surface area contributed by atoms with Crippen LogP contribution in [0.3, 0.4) is 0 Å². The number of rotatable bonds is 6.